The summed E-state index contributed by atoms with van der Waals surface area (Å²) in [5.74, 6) is 0. The number of sulfonamides is 1. The number of aromatic nitrogens is 2. The third-order valence-electron chi connectivity index (χ3n) is 0.866. The second-order valence-corrected chi connectivity index (χ2v) is 7.82. The van der Waals surface area contributed by atoms with E-state index >= 15 is 0 Å². The minimum atomic E-state index is -4.11. The SMILES string of the molecule is [Cl][Pt][Cl].[NH-]S(=O)(=O)c1nnc(NC(N)=O)s1. The first kappa shape index (κ1) is 16.0. The van der Waals surface area contributed by atoms with E-state index in [2.05, 4.69) is 10.2 Å². The zero-order chi connectivity index (χ0) is 12.8. The van der Waals surface area contributed by atoms with Crippen molar-refractivity contribution in [3.05, 3.63) is 5.14 Å². The molecule has 1 aromatic rings. The Morgan fingerprint density at radius 3 is 2.31 bits per heavy atom. The first-order valence-corrected chi connectivity index (χ1v) is 11.0. The zero-order valence-electron chi connectivity index (χ0n) is 7.09. The molecule has 0 aliphatic rings. The third-order valence-corrected chi connectivity index (χ3v) is 2.95. The van der Waals surface area contributed by atoms with Crippen LogP contribution in [0.1, 0.15) is 0 Å². The summed E-state index contributed by atoms with van der Waals surface area (Å²) in [6.45, 7) is 0. The molecular formula is C3H4Cl2N5O3PtS2-. The number of rotatable bonds is 2. The van der Waals surface area contributed by atoms with Crippen molar-refractivity contribution < 1.29 is 29.7 Å². The van der Waals surface area contributed by atoms with Gasteiger partial charge >= 0.3 is 41.3 Å². The van der Waals surface area contributed by atoms with Crippen LogP contribution in [0, 0.1) is 0 Å². The first-order chi connectivity index (χ1) is 7.31. The van der Waals surface area contributed by atoms with Crippen LogP contribution in [-0.4, -0.2) is 24.6 Å². The van der Waals surface area contributed by atoms with Gasteiger partial charge in [0.25, 0.3) is 0 Å². The number of nitrogens with zero attached hydrogens (tertiary/aromatic N) is 2. The van der Waals surface area contributed by atoms with Crippen LogP contribution in [0.25, 0.3) is 5.14 Å². The van der Waals surface area contributed by atoms with Crippen LogP contribution in [0.2, 0.25) is 0 Å². The Labute approximate surface area is 111 Å². The van der Waals surface area contributed by atoms with E-state index in [1.807, 2.05) is 5.32 Å². The molecule has 4 N–H and O–H groups in total. The fourth-order valence-electron chi connectivity index (χ4n) is 0.474. The van der Waals surface area contributed by atoms with E-state index in [4.69, 9.17) is 29.7 Å². The number of urea groups is 1. The van der Waals surface area contributed by atoms with Crippen LogP contribution in [0.3, 0.4) is 0 Å². The predicted octanol–water partition coefficient (Wildman–Crippen LogP) is 1.15. The Kier molecular flexibility index (Phi) is 7.36. The summed E-state index contributed by atoms with van der Waals surface area (Å²) < 4.78 is 20.6. The van der Waals surface area contributed by atoms with Crippen LogP contribution in [0.4, 0.5) is 9.93 Å². The quantitative estimate of drug-likeness (QED) is 0.602. The monoisotopic (exact) mass is 487 g/mol. The van der Waals surface area contributed by atoms with Crippen LogP contribution in [0.15, 0.2) is 4.34 Å². The van der Waals surface area contributed by atoms with Crippen molar-refractivity contribution in [2.24, 2.45) is 5.73 Å². The molecule has 2 amide bonds. The van der Waals surface area contributed by atoms with Gasteiger partial charge in [-0.05, 0) is 0 Å². The van der Waals surface area contributed by atoms with Gasteiger partial charge in [0.15, 0.2) is 0 Å². The summed E-state index contributed by atoms with van der Waals surface area (Å²) in [5.41, 5.74) is 4.74. The van der Waals surface area contributed by atoms with Gasteiger partial charge in [-0.15, -0.1) is 10.2 Å². The average Bonchev–Trinajstić information content (AvgIpc) is 2.51. The molecule has 0 fully saturated rings. The molecule has 1 rings (SSSR count). The molecule has 0 aliphatic carbocycles. The molecule has 8 nitrogen and oxygen atoms in total. The van der Waals surface area contributed by atoms with Crippen molar-refractivity contribution in [3.8, 4) is 0 Å². The van der Waals surface area contributed by atoms with Crippen molar-refractivity contribution >= 4 is 51.4 Å². The van der Waals surface area contributed by atoms with E-state index in [1.54, 1.807) is 0 Å². The largest absolute Gasteiger partial charge is 0.558 e. The number of amides is 2. The Morgan fingerprint density at radius 2 is 2.00 bits per heavy atom. The van der Waals surface area contributed by atoms with Crippen molar-refractivity contribution in [1.82, 2.24) is 10.2 Å². The van der Waals surface area contributed by atoms with Gasteiger partial charge in [0.2, 0.25) is 9.47 Å². The summed E-state index contributed by atoms with van der Waals surface area (Å²) in [5, 5.41) is 15.0. The van der Waals surface area contributed by atoms with E-state index in [9.17, 15) is 13.2 Å². The molecule has 0 bridgehead atoms. The van der Waals surface area contributed by atoms with Crippen LogP contribution >= 0.6 is 30.2 Å². The molecule has 0 unspecified atom stereocenters. The number of carbonyl (C=O) groups excluding carboxylic acids is 1. The van der Waals surface area contributed by atoms with Gasteiger partial charge in [0.1, 0.15) is 10.0 Å². The molecule has 0 radical (unpaired) electrons. The van der Waals surface area contributed by atoms with E-state index in [1.165, 1.54) is 0 Å². The number of nitrogens with two attached hydrogens (primary N) is 1. The van der Waals surface area contributed by atoms with Gasteiger partial charge in [-0.1, -0.05) is 11.3 Å². The van der Waals surface area contributed by atoms with Crippen LogP contribution in [-0.2, 0) is 26.5 Å². The second kappa shape index (κ2) is 7.36. The average molecular weight is 488 g/mol. The van der Waals surface area contributed by atoms with E-state index < -0.39 is 36.9 Å². The Hall–Kier alpha value is 0.00831. The van der Waals surface area contributed by atoms with Crippen LogP contribution in [0.5, 0.6) is 0 Å². The normalized spacial score (nSPS) is 10.4. The zero-order valence-corrected chi connectivity index (χ0v) is 12.5. The number of carbonyl (C=O) groups is 1. The number of primary amides is 1. The second-order valence-electron chi connectivity index (χ2n) is 1.91. The van der Waals surface area contributed by atoms with Gasteiger partial charge in [-0.25, -0.2) is 13.2 Å². The van der Waals surface area contributed by atoms with E-state index in [0.29, 0.717) is 11.3 Å². The molecule has 0 atom stereocenters. The molecule has 0 aromatic carbocycles. The van der Waals surface area contributed by atoms with Crippen molar-refractivity contribution in [1.29, 1.82) is 0 Å². The fourth-order valence-corrected chi connectivity index (χ4v) is 1.78. The summed E-state index contributed by atoms with van der Waals surface area (Å²) in [7, 11) is 5.64. The van der Waals surface area contributed by atoms with E-state index in [-0.39, 0.29) is 5.13 Å². The maximum Gasteiger partial charge on any atom is 0.318 e. The number of hydrogen-bond donors (Lipinski definition) is 2. The minimum Gasteiger partial charge on any atom is -0.558 e. The van der Waals surface area contributed by atoms with Crippen molar-refractivity contribution in [3.63, 3.8) is 0 Å². The van der Waals surface area contributed by atoms with Gasteiger partial charge in [-0.2, -0.15) is 0 Å². The van der Waals surface area contributed by atoms with Crippen molar-refractivity contribution in [2.75, 3.05) is 5.32 Å². The summed E-state index contributed by atoms with van der Waals surface area (Å²) in [6, 6.07) is -0.870. The summed E-state index contributed by atoms with van der Waals surface area (Å²) >= 11 is 0.0863. The topological polar surface area (TPSA) is 139 Å². The molecule has 0 spiro atoms. The molecule has 0 aliphatic heterocycles. The number of halogens is 2. The predicted molar refractivity (Wildman–Crippen MR) is 56.3 cm³/mol. The van der Waals surface area contributed by atoms with Gasteiger partial charge in [-0.3, -0.25) is 5.32 Å². The Bertz CT molecular complexity index is 450. The fraction of sp³-hybridized carbons (Fsp3) is 0. The van der Waals surface area contributed by atoms with Crippen molar-refractivity contribution in [2.45, 2.75) is 4.34 Å². The molecular weight excluding hydrogens is 484 g/mol. The number of anilines is 1. The van der Waals surface area contributed by atoms with Crippen LogP contribution < -0.4 is 11.1 Å². The first-order valence-electron chi connectivity index (χ1n) is 3.03. The molecule has 13 heteroatoms. The third kappa shape index (κ3) is 6.56. The van der Waals surface area contributed by atoms with Gasteiger partial charge < -0.3 is 10.9 Å². The number of hydrogen-bond acceptors (Lipinski definition) is 6. The van der Waals surface area contributed by atoms with Gasteiger partial charge in [0, 0.05) is 0 Å². The molecule has 1 aromatic heterocycles. The maximum atomic E-state index is 10.6. The molecule has 1 heterocycles. The standard InChI is InChI=1S/C3H5N5O3S2.2ClH.Pt/c4-1(9)6-2-7-8-3(12-2)13(5,10)11;;;/h(H5,4,5,6,7,9,10,11);2*1H;/q;;;+2/p-3. The smallest absolute Gasteiger partial charge is 0.318 e. The van der Waals surface area contributed by atoms with Gasteiger partial charge in [0.05, 0.1) is 0 Å². The molecule has 96 valence electrons. The number of nitrogens with one attached hydrogen (secondary N) is 2. The minimum absolute atomic E-state index is 0.0571. The molecule has 0 saturated carbocycles. The molecule has 0 saturated heterocycles. The maximum absolute atomic E-state index is 10.6. The van der Waals surface area contributed by atoms with E-state index in [0.717, 1.165) is 0 Å². The Morgan fingerprint density at radius 1 is 1.50 bits per heavy atom. The summed E-state index contributed by atoms with van der Waals surface area (Å²) in [4.78, 5) is 10.3. The molecule has 16 heavy (non-hydrogen) atoms. The Balaban J connectivity index is 0.000000673. The summed E-state index contributed by atoms with van der Waals surface area (Å²) in [6.07, 6.45) is 0.